The summed E-state index contributed by atoms with van der Waals surface area (Å²) in [4.78, 5) is 0. The Hall–Kier alpha value is -2.38. The van der Waals surface area contributed by atoms with Crippen LogP contribution in [-0.4, -0.2) is 5.11 Å². The van der Waals surface area contributed by atoms with Gasteiger partial charge in [0.25, 0.3) is 0 Å². The number of hydrogen-bond acceptors (Lipinski definition) is 1. The lowest BCUT2D eigenvalue weighted by molar-refractivity contribution is 0.282. The topological polar surface area (TPSA) is 20.2 Å². The molecule has 3 rings (SSSR count). The van der Waals surface area contributed by atoms with Crippen LogP contribution in [-0.2, 0) is 38.7 Å². The van der Waals surface area contributed by atoms with E-state index in [1.165, 1.54) is 58.2 Å². The molecule has 0 spiro atoms. The first-order valence-electron chi connectivity index (χ1n) is 11.6. The molecule has 0 unspecified atom stereocenters. The van der Waals surface area contributed by atoms with Gasteiger partial charge < -0.3 is 5.11 Å². The molecule has 0 saturated heterocycles. The van der Waals surface area contributed by atoms with Gasteiger partial charge in [-0.1, -0.05) is 87.9 Å². The average Bonchev–Trinajstić information content (AvgIpc) is 2.81. The zero-order valence-corrected chi connectivity index (χ0v) is 18.9. The molecule has 0 saturated carbocycles. The lowest BCUT2D eigenvalue weighted by atomic mass is 9.90. The highest BCUT2D eigenvalue weighted by Crippen LogP contribution is 2.30. The molecule has 0 atom stereocenters. The number of unbranched alkanes of at least 4 members (excludes halogenated alkanes) is 1. The molecule has 1 heteroatoms. The predicted molar refractivity (Wildman–Crippen MR) is 129 cm³/mol. The summed E-state index contributed by atoms with van der Waals surface area (Å²) in [6.45, 7) is 6.78. The van der Waals surface area contributed by atoms with Gasteiger partial charge in [0.1, 0.15) is 0 Å². The summed E-state index contributed by atoms with van der Waals surface area (Å²) in [5, 5.41) is 9.46. The second-order valence-corrected chi connectivity index (χ2v) is 8.27. The fraction of sp³-hybridized carbons (Fsp3) is 0.379. The molecule has 30 heavy (non-hydrogen) atoms. The van der Waals surface area contributed by atoms with Crippen LogP contribution in [0.5, 0.6) is 0 Å². The van der Waals surface area contributed by atoms with E-state index >= 15 is 0 Å². The molecule has 158 valence electrons. The first-order chi connectivity index (χ1) is 14.7. The van der Waals surface area contributed by atoms with Crippen molar-refractivity contribution in [3.63, 3.8) is 0 Å². The van der Waals surface area contributed by atoms with Gasteiger partial charge in [-0.3, -0.25) is 0 Å². The maximum atomic E-state index is 9.46. The molecule has 3 aromatic rings. The van der Waals surface area contributed by atoms with Gasteiger partial charge in [0.15, 0.2) is 0 Å². The number of aryl methyl sites for hydroxylation is 5. The van der Waals surface area contributed by atoms with Crippen LogP contribution in [0.4, 0.5) is 0 Å². The van der Waals surface area contributed by atoms with E-state index in [4.69, 9.17) is 0 Å². The van der Waals surface area contributed by atoms with Crippen LogP contribution in [0.25, 0.3) is 11.1 Å². The Bertz CT molecular complexity index is 937. The molecule has 0 aromatic heterocycles. The number of benzene rings is 3. The van der Waals surface area contributed by atoms with E-state index in [1.807, 2.05) is 6.07 Å². The lowest BCUT2D eigenvalue weighted by Gasteiger charge is -2.15. The van der Waals surface area contributed by atoms with Crippen LogP contribution in [0.1, 0.15) is 67.0 Å². The fourth-order valence-corrected chi connectivity index (χ4v) is 4.20. The number of hydrogen-bond donors (Lipinski definition) is 1. The highest BCUT2D eigenvalue weighted by Gasteiger charge is 2.10. The Morgan fingerprint density at radius 3 is 1.57 bits per heavy atom. The van der Waals surface area contributed by atoms with Crippen LogP contribution in [0.2, 0.25) is 0 Å². The van der Waals surface area contributed by atoms with E-state index < -0.39 is 0 Å². The summed E-state index contributed by atoms with van der Waals surface area (Å²) >= 11 is 0. The zero-order valence-electron chi connectivity index (χ0n) is 18.9. The number of aliphatic hydroxyl groups excluding tert-OH is 1. The molecule has 0 heterocycles. The third-order valence-corrected chi connectivity index (χ3v) is 6.12. The van der Waals surface area contributed by atoms with Crippen molar-refractivity contribution in [1.82, 2.24) is 0 Å². The van der Waals surface area contributed by atoms with E-state index in [-0.39, 0.29) is 6.61 Å². The van der Waals surface area contributed by atoms with E-state index in [9.17, 15) is 5.11 Å². The normalized spacial score (nSPS) is 11.1. The SMILES string of the molecule is CCCCc1ccc(CCc2ccc(-c3ccc(CO)cc3CC)c(CC)c2)cc1. The molecule has 0 amide bonds. The molecule has 0 bridgehead atoms. The predicted octanol–water partition coefficient (Wildman–Crippen LogP) is 7.10. The molecular formula is C29H36O. The average molecular weight is 401 g/mol. The molecule has 1 nitrogen and oxygen atoms in total. The molecule has 0 radical (unpaired) electrons. The Morgan fingerprint density at radius 2 is 1.03 bits per heavy atom. The van der Waals surface area contributed by atoms with Gasteiger partial charge in [-0.25, -0.2) is 0 Å². The van der Waals surface area contributed by atoms with Gasteiger partial charge in [0.2, 0.25) is 0 Å². The Balaban J connectivity index is 1.74. The molecule has 0 aliphatic heterocycles. The summed E-state index contributed by atoms with van der Waals surface area (Å²) in [6.07, 6.45) is 7.88. The standard InChI is InChI=1S/C29H36O/c1-4-7-8-22-9-11-23(12-10-22)13-14-24-15-17-28(26(5-2)19-24)29-18-16-25(21-30)20-27(29)6-3/h9-12,15-20,30H,4-8,13-14,21H2,1-3H3. The van der Waals surface area contributed by atoms with Crippen molar-refractivity contribution >= 4 is 0 Å². The van der Waals surface area contributed by atoms with Crippen molar-refractivity contribution < 1.29 is 5.11 Å². The van der Waals surface area contributed by atoms with E-state index in [0.29, 0.717) is 0 Å². The van der Waals surface area contributed by atoms with Crippen LogP contribution in [0.3, 0.4) is 0 Å². The van der Waals surface area contributed by atoms with Gasteiger partial charge >= 0.3 is 0 Å². The third kappa shape index (κ3) is 5.61. The van der Waals surface area contributed by atoms with Crippen molar-refractivity contribution in [3.8, 4) is 11.1 Å². The first-order valence-corrected chi connectivity index (χ1v) is 11.6. The van der Waals surface area contributed by atoms with E-state index in [2.05, 4.69) is 75.4 Å². The maximum absolute atomic E-state index is 9.46. The summed E-state index contributed by atoms with van der Waals surface area (Å²) in [7, 11) is 0. The number of aliphatic hydroxyl groups is 1. The quantitative estimate of drug-likeness (QED) is 0.385. The van der Waals surface area contributed by atoms with Gasteiger partial charge in [0.05, 0.1) is 6.61 Å². The Morgan fingerprint density at radius 1 is 0.567 bits per heavy atom. The highest BCUT2D eigenvalue weighted by molar-refractivity contribution is 5.71. The van der Waals surface area contributed by atoms with Crippen molar-refractivity contribution in [2.45, 2.75) is 72.3 Å². The highest BCUT2D eigenvalue weighted by atomic mass is 16.3. The largest absolute Gasteiger partial charge is 0.392 e. The van der Waals surface area contributed by atoms with Gasteiger partial charge in [-0.2, -0.15) is 0 Å². The van der Waals surface area contributed by atoms with Crippen molar-refractivity contribution in [1.29, 1.82) is 0 Å². The Kier molecular flexibility index (Phi) is 8.28. The number of rotatable bonds is 10. The van der Waals surface area contributed by atoms with Crippen molar-refractivity contribution in [3.05, 3.63) is 94.0 Å². The summed E-state index contributed by atoms with van der Waals surface area (Å²) in [5.74, 6) is 0. The fourth-order valence-electron chi connectivity index (χ4n) is 4.20. The molecule has 1 N–H and O–H groups in total. The Labute approximate surface area is 182 Å². The summed E-state index contributed by atoms with van der Waals surface area (Å²) < 4.78 is 0. The van der Waals surface area contributed by atoms with Crippen LogP contribution >= 0.6 is 0 Å². The minimum absolute atomic E-state index is 0.104. The van der Waals surface area contributed by atoms with Gasteiger partial charge in [0, 0.05) is 0 Å². The smallest absolute Gasteiger partial charge is 0.0681 e. The van der Waals surface area contributed by atoms with Crippen LogP contribution < -0.4 is 0 Å². The minimum atomic E-state index is 0.104. The van der Waals surface area contributed by atoms with Crippen LogP contribution in [0.15, 0.2) is 60.7 Å². The lowest BCUT2D eigenvalue weighted by Crippen LogP contribution is -1.98. The second-order valence-electron chi connectivity index (χ2n) is 8.27. The minimum Gasteiger partial charge on any atom is -0.392 e. The molecule has 3 aromatic carbocycles. The van der Waals surface area contributed by atoms with Gasteiger partial charge in [-0.15, -0.1) is 0 Å². The van der Waals surface area contributed by atoms with Crippen molar-refractivity contribution in [2.75, 3.05) is 0 Å². The first kappa shape index (κ1) is 22.3. The second kappa shape index (κ2) is 11.1. The molecule has 0 aliphatic rings. The summed E-state index contributed by atoms with van der Waals surface area (Å²) in [6, 6.07) is 22.6. The molecule has 0 fully saturated rings. The molecule has 0 aliphatic carbocycles. The zero-order chi connectivity index (χ0) is 21.3. The summed E-state index contributed by atoms with van der Waals surface area (Å²) in [5.41, 5.74) is 10.6. The maximum Gasteiger partial charge on any atom is 0.0681 e. The monoisotopic (exact) mass is 400 g/mol. The van der Waals surface area contributed by atoms with Crippen molar-refractivity contribution in [2.24, 2.45) is 0 Å². The van der Waals surface area contributed by atoms with Crippen LogP contribution in [0, 0.1) is 0 Å². The molecular weight excluding hydrogens is 364 g/mol. The van der Waals surface area contributed by atoms with E-state index in [0.717, 1.165) is 31.2 Å². The van der Waals surface area contributed by atoms with Gasteiger partial charge in [-0.05, 0) is 83.0 Å². The third-order valence-electron chi connectivity index (χ3n) is 6.12. The van der Waals surface area contributed by atoms with E-state index in [1.54, 1.807) is 0 Å².